The summed E-state index contributed by atoms with van der Waals surface area (Å²) in [7, 11) is 0. The molecule has 6 heteroatoms. The Morgan fingerprint density at radius 1 is 1.57 bits per heavy atom. The molecule has 1 aromatic carbocycles. The van der Waals surface area contributed by atoms with Gasteiger partial charge in [0.25, 0.3) is 5.69 Å². The van der Waals surface area contributed by atoms with Gasteiger partial charge in [-0.15, -0.1) is 0 Å². The van der Waals surface area contributed by atoms with Crippen LogP contribution >= 0.6 is 22.6 Å². The van der Waals surface area contributed by atoms with E-state index >= 15 is 0 Å². The fourth-order valence-electron chi connectivity index (χ4n) is 0.967. The number of nitrogens with zero attached hydrogens (tertiary/aromatic N) is 1. The number of nitrogen functional groups attached to an aromatic ring is 1. The highest BCUT2D eigenvalue weighted by atomic mass is 127. The van der Waals surface area contributed by atoms with E-state index in [-0.39, 0.29) is 22.7 Å². The van der Waals surface area contributed by atoms with Gasteiger partial charge in [-0.1, -0.05) is 0 Å². The van der Waals surface area contributed by atoms with Gasteiger partial charge in [0.15, 0.2) is 5.78 Å². The Kier molecular flexibility index (Phi) is 3.04. The zero-order chi connectivity index (χ0) is 10.9. The maximum atomic E-state index is 11.0. The van der Waals surface area contributed by atoms with Crippen molar-refractivity contribution in [3.05, 3.63) is 31.4 Å². The molecular weight excluding hydrogens is 299 g/mol. The van der Waals surface area contributed by atoms with Gasteiger partial charge in [-0.3, -0.25) is 14.9 Å². The lowest BCUT2D eigenvalue weighted by atomic mass is 10.1. The summed E-state index contributed by atoms with van der Waals surface area (Å²) >= 11 is 1.78. The molecule has 0 heterocycles. The van der Waals surface area contributed by atoms with Crippen LogP contribution in [0.25, 0.3) is 0 Å². The second-order valence-electron chi connectivity index (χ2n) is 2.71. The molecule has 14 heavy (non-hydrogen) atoms. The number of anilines is 1. The van der Waals surface area contributed by atoms with Gasteiger partial charge in [-0.05, 0) is 35.6 Å². The van der Waals surface area contributed by atoms with Crippen LogP contribution in [0, 0.1) is 13.7 Å². The molecule has 1 aromatic rings. The molecule has 0 aliphatic rings. The van der Waals surface area contributed by atoms with Crippen LogP contribution in [0.3, 0.4) is 0 Å². The van der Waals surface area contributed by atoms with Gasteiger partial charge in [0.2, 0.25) is 0 Å². The van der Waals surface area contributed by atoms with E-state index in [0.29, 0.717) is 3.57 Å². The molecule has 74 valence electrons. The van der Waals surface area contributed by atoms with Crippen LogP contribution in [-0.4, -0.2) is 10.7 Å². The van der Waals surface area contributed by atoms with E-state index in [1.54, 1.807) is 22.6 Å². The minimum atomic E-state index is -0.551. The Bertz CT molecular complexity index is 417. The third-order valence-corrected chi connectivity index (χ3v) is 2.86. The first-order valence-corrected chi connectivity index (χ1v) is 4.75. The highest BCUT2D eigenvalue weighted by Gasteiger charge is 2.17. The van der Waals surface area contributed by atoms with Crippen LogP contribution in [0.2, 0.25) is 0 Å². The number of halogens is 1. The summed E-state index contributed by atoms with van der Waals surface area (Å²) in [5.74, 6) is -0.240. The van der Waals surface area contributed by atoms with Crippen LogP contribution in [0.4, 0.5) is 11.4 Å². The molecular formula is C8H7IN2O3. The van der Waals surface area contributed by atoms with E-state index < -0.39 is 4.92 Å². The van der Waals surface area contributed by atoms with Crippen LogP contribution < -0.4 is 5.73 Å². The first kappa shape index (κ1) is 10.9. The fourth-order valence-corrected chi connectivity index (χ4v) is 1.48. The molecule has 0 unspecified atom stereocenters. The largest absolute Gasteiger partial charge is 0.398 e. The summed E-state index contributed by atoms with van der Waals surface area (Å²) in [5, 5.41) is 10.6. The smallest absolute Gasteiger partial charge is 0.285 e. The minimum Gasteiger partial charge on any atom is -0.398 e. The van der Waals surface area contributed by atoms with Crippen LogP contribution in [0.15, 0.2) is 12.1 Å². The number of nitrogens with two attached hydrogens (primary N) is 1. The van der Waals surface area contributed by atoms with Crippen molar-refractivity contribution in [1.82, 2.24) is 0 Å². The fraction of sp³-hybridized carbons (Fsp3) is 0.125. The molecule has 0 saturated carbocycles. The third kappa shape index (κ3) is 2.00. The minimum absolute atomic E-state index is 0.129. The van der Waals surface area contributed by atoms with Crippen LogP contribution in [0.1, 0.15) is 17.3 Å². The molecule has 5 nitrogen and oxygen atoms in total. The summed E-state index contributed by atoms with van der Waals surface area (Å²) in [6.45, 7) is 1.34. The molecule has 0 fully saturated rings. The van der Waals surface area contributed by atoms with E-state index in [2.05, 4.69) is 0 Å². The zero-order valence-electron chi connectivity index (χ0n) is 7.28. The van der Waals surface area contributed by atoms with E-state index in [4.69, 9.17) is 5.73 Å². The highest BCUT2D eigenvalue weighted by molar-refractivity contribution is 14.1. The number of benzene rings is 1. The van der Waals surface area contributed by atoms with Crippen molar-refractivity contribution in [2.24, 2.45) is 0 Å². The lowest BCUT2D eigenvalue weighted by Crippen LogP contribution is -2.01. The van der Waals surface area contributed by atoms with Crippen LogP contribution in [0.5, 0.6) is 0 Å². The van der Waals surface area contributed by atoms with E-state index in [1.165, 1.54) is 19.1 Å². The third-order valence-electron chi connectivity index (χ3n) is 1.68. The van der Waals surface area contributed by atoms with E-state index in [1.807, 2.05) is 0 Å². The number of ketones is 1. The quantitative estimate of drug-likeness (QED) is 0.298. The molecule has 0 spiro atoms. The molecule has 1 rings (SSSR count). The number of carbonyl (C=O) groups excluding carboxylic acids is 1. The predicted molar refractivity (Wildman–Crippen MR) is 60.2 cm³/mol. The van der Waals surface area contributed by atoms with Gasteiger partial charge in [-0.25, -0.2) is 0 Å². The molecule has 0 atom stereocenters. The van der Waals surface area contributed by atoms with Gasteiger partial charge in [0, 0.05) is 11.6 Å². The van der Waals surface area contributed by atoms with Gasteiger partial charge in [0.1, 0.15) is 3.57 Å². The summed E-state index contributed by atoms with van der Waals surface area (Å²) in [6.07, 6.45) is 0. The highest BCUT2D eigenvalue weighted by Crippen LogP contribution is 2.28. The molecule has 0 radical (unpaired) electrons. The topological polar surface area (TPSA) is 86.2 Å². The summed E-state index contributed by atoms with van der Waals surface area (Å²) in [4.78, 5) is 21.0. The molecule has 0 aliphatic heterocycles. The molecule has 0 saturated heterocycles. The average molecular weight is 306 g/mol. The maximum Gasteiger partial charge on any atom is 0.285 e. The monoisotopic (exact) mass is 306 g/mol. The number of hydrogen-bond acceptors (Lipinski definition) is 4. The Hall–Kier alpha value is -1.18. The SMILES string of the molecule is CC(=O)c1cc(N)c(I)c([N+](=O)[O-])c1. The first-order chi connectivity index (χ1) is 6.43. The first-order valence-electron chi connectivity index (χ1n) is 3.68. The number of carbonyl (C=O) groups is 1. The number of Topliss-reactive ketones (excluding diaryl/α,β-unsaturated/α-hetero) is 1. The summed E-state index contributed by atoms with van der Waals surface area (Å²) in [5.41, 5.74) is 5.92. The van der Waals surface area contributed by atoms with Crippen molar-refractivity contribution in [2.75, 3.05) is 5.73 Å². The van der Waals surface area contributed by atoms with Gasteiger partial charge < -0.3 is 5.73 Å². The van der Waals surface area contributed by atoms with Gasteiger partial charge >= 0.3 is 0 Å². The maximum absolute atomic E-state index is 11.0. The molecule has 0 bridgehead atoms. The lowest BCUT2D eigenvalue weighted by Gasteiger charge is -2.02. The Morgan fingerprint density at radius 2 is 2.14 bits per heavy atom. The molecule has 0 aromatic heterocycles. The van der Waals surface area contributed by atoms with E-state index in [0.717, 1.165) is 0 Å². The van der Waals surface area contributed by atoms with Gasteiger partial charge in [-0.2, -0.15) is 0 Å². The number of hydrogen-bond donors (Lipinski definition) is 1. The predicted octanol–water partition coefficient (Wildman–Crippen LogP) is 1.98. The van der Waals surface area contributed by atoms with Crippen molar-refractivity contribution in [3.63, 3.8) is 0 Å². The van der Waals surface area contributed by atoms with Crippen molar-refractivity contribution in [2.45, 2.75) is 6.92 Å². The van der Waals surface area contributed by atoms with Gasteiger partial charge in [0.05, 0.1) is 10.6 Å². The van der Waals surface area contributed by atoms with Crippen molar-refractivity contribution in [1.29, 1.82) is 0 Å². The number of rotatable bonds is 2. The van der Waals surface area contributed by atoms with Crippen molar-refractivity contribution in [3.8, 4) is 0 Å². The normalized spacial score (nSPS) is 9.86. The molecule has 0 amide bonds. The number of nitro groups is 1. The summed E-state index contributed by atoms with van der Waals surface area (Å²) < 4.78 is 0.359. The van der Waals surface area contributed by atoms with Crippen molar-refractivity contribution < 1.29 is 9.72 Å². The number of nitro benzene ring substituents is 1. The second-order valence-corrected chi connectivity index (χ2v) is 3.79. The second kappa shape index (κ2) is 3.91. The average Bonchev–Trinajstić information content (AvgIpc) is 2.08. The van der Waals surface area contributed by atoms with Crippen molar-refractivity contribution >= 4 is 39.7 Å². The Balaban J connectivity index is 3.43. The Morgan fingerprint density at radius 3 is 2.57 bits per heavy atom. The van der Waals surface area contributed by atoms with E-state index in [9.17, 15) is 14.9 Å². The molecule has 0 aliphatic carbocycles. The summed E-state index contributed by atoms with van der Waals surface area (Å²) in [6, 6.07) is 2.68. The Labute approximate surface area is 93.6 Å². The standard InChI is InChI=1S/C8H7IN2O3/c1-4(12)5-2-6(10)8(9)7(3-5)11(13)14/h2-3H,10H2,1H3. The molecule has 2 N–H and O–H groups in total. The van der Waals surface area contributed by atoms with Crippen LogP contribution in [-0.2, 0) is 0 Å². The lowest BCUT2D eigenvalue weighted by molar-refractivity contribution is -0.385. The zero-order valence-corrected chi connectivity index (χ0v) is 9.44.